The Morgan fingerprint density at radius 3 is 2.62 bits per heavy atom. The van der Waals surface area contributed by atoms with E-state index in [1.54, 1.807) is 18.2 Å². The van der Waals surface area contributed by atoms with Crippen LogP contribution in [-0.4, -0.2) is 31.3 Å². The number of nitrogens with zero attached hydrogens (tertiary/aromatic N) is 2. The van der Waals surface area contributed by atoms with E-state index in [4.69, 9.17) is 9.47 Å². The number of amides is 1. The van der Waals surface area contributed by atoms with Crippen LogP contribution in [0, 0.1) is 10.1 Å². The number of hydrazone groups is 1. The molecular formula is C16H15N3O5. The van der Waals surface area contributed by atoms with Crippen molar-refractivity contribution in [3.8, 4) is 11.5 Å². The van der Waals surface area contributed by atoms with Gasteiger partial charge in [0.05, 0.1) is 25.4 Å². The molecule has 2 aromatic carbocycles. The first-order chi connectivity index (χ1) is 11.6. The van der Waals surface area contributed by atoms with Crippen LogP contribution < -0.4 is 14.9 Å². The normalized spacial score (nSPS) is 10.4. The van der Waals surface area contributed by atoms with Gasteiger partial charge in [0.25, 0.3) is 11.6 Å². The summed E-state index contributed by atoms with van der Waals surface area (Å²) in [5.74, 6) is 0.460. The Morgan fingerprint density at radius 1 is 1.21 bits per heavy atom. The number of para-hydroxylation sites is 1. The number of nitro benzene ring substituents is 1. The van der Waals surface area contributed by atoms with Crippen LogP contribution in [0.1, 0.15) is 15.9 Å². The van der Waals surface area contributed by atoms with Crippen LogP contribution in [0.4, 0.5) is 5.69 Å². The molecule has 2 rings (SSSR count). The minimum Gasteiger partial charge on any atom is -0.497 e. The van der Waals surface area contributed by atoms with Crippen molar-refractivity contribution in [3.05, 3.63) is 63.7 Å². The molecule has 0 aliphatic heterocycles. The van der Waals surface area contributed by atoms with Crippen LogP contribution >= 0.6 is 0 Å². The average Bonchev–Trinajstić information content (AvgIpc) is 2.61. The predicted molar refractivity (Wildman–Crippen MR) is 87.7 cm³/mol. The number of ether oxygens (including phenoxy) is 2. The molecule has 0 radical (unpaired) electrons. The Morgan fingerprint density at radius 2 is 1.96 bits per heavy atom. The molecule has 8 heteroatoms. The zero-order valence-electron chi connectivity index (χ0n) is 13.1. The molecule has 8 nitrogen and oxygen atoms in total. The van der Waals surface area contributed by atoms with E-state index in [2.05, 4.69) is 10.5 Å². The van der Waals surface area contributed by atoms with Gasteiger partial charge in [-0.2, -0.15) is 5.10 Å². The third-order valence-corrected chi connectivity index (χ3v) is 3.15. The maximum atomic E-state index is 12.1. The van der Waals surface area contributed by atoms with Crippen molar-refractivity contribution in [2.45, 2.75) is 0 Å². The number of methoxy groups -OCH3 is 2. The van der Waals surface area contributed by atoms with Crippen molar-refractivity contribution in [2.75, 3.05) is 14.2 Å². The van der Waals surface area contributed by atoms with E-state index in [0.717, 1.165) is 0 Å². The molecule has 1 N–H and O–H groups in total. The van der Waals surface area contributed by atoms with Gasteiger partial charge in [0.1, 0.15) is 17.1 Å². The summed E-state index contributed by atoms with van der Waals surface area (Å²) in [4.78, 5) is 22.4. The highest BCUT2D eigenvalue weighted by atomic mass is 16.6. The lowest BCUT2D eigenvalue weighted by atomic mass is 10.2. The van der Waals surface area contributed by atoms with E-state index in [0.29, 0.717) is 17.1 Å². The van der Waals surface area contributed by atoms with Crippen LogP contribution in [0.3, 0.4) is 0 Å². The first-order valence-corrected chi connectivity index (χ1v) is 6.85. The Kier molecular flexibility index (Phi) is 5.45. The van der Waals surface area contributed by atoms with E-state index < -0.39 is 10.8 Å². The Labute approximate surface area is 137 Å². The highest BCUT2D eigenvalue weighted by Crippen LogP contribution is 2.22. The third-order valence-electron chi connectivity index (χ3n) is 3.15. The molecule has 1 amide bonds. The molecule has 0 atom stereocenters. The van der Waals surface area contributed by atoms with E-state index in [-0.39, 0.29) is 11.3 Å². The van der Waals surface area contributed by atoms with E-state index >= 15 is 0 Å². The number of carbonyl (C=O) groups excluding carboxylic acids is 1. The summed E-state index contributed by atoms with van der Waals surface area (Å²) in [6, 6.07) is 10.7. The van der Waals surface area contributed by atoms with Crippen molar-refractivity contribution in [1.29, 1.82) is 0 Å². The van der Waals surface area contributed by atoms with Gasteiger partial charge >= 0.3 is 0 Å². The number of hydrogen-bond acceptors (Lipinski definition) is 6. The maximum Gasteiger partial charge on any atom is 0.282 e. The molecule has 0 unspecified atom stereocenters. The number of nitrogens with one attached hydrogen (secondary N) is 1. The zero-order chi connectivity index (χ0) is 17.5. The third kappa shape index (κ3) is 3.86. The minimum absolute atomic E-state index is 0.0720. The van der Waals surface area contributed by atoms with Crippen LogP contribution in [-0.2, 0) is 0 Å². The van der Waals surface area contributed by atoms with E-state index in [1.165, 1.54) is 44.7 Å². The largest absolute Gasteiger partial charge is 0.497 e. The second kappa shape index (κ2) is 7.73. The van der Waals surface area contributed by atoms with Gasteiger partial charge in [-0.05, 0) is 24.3 Å². The summed E-state index contributed by atoms with van der Waals surface area (Å²) in [6.07, 6.45) is 1.37. The SMILES string of the molecule is COc1ccc(OC)c(C=NNC(=O)c2ccccc2[N+](=O)[O-])c1. The summed E-state index contributed by atoms with van der Waals surface area (Å²) in [7, 11) is 3.03. The molecule has 0 aromatic heterocycles. The lowest BCUT2D eigenvalue weighted by Crippen LogP contribution is -2.19. The van der Waals surface area contributed by atoms with Crippen LogP contribution in [0.2, 0.25) is 0 Å². The Balaban J connectivity index is 2.18. The van der Waals surface area contributed by atoms with E-state index in [9.17, 15) is 14.9 Å². The van der Waals surface area contributed by atoms with Crippen LogP contribution in [0.25, 0.3) is 0 Å². The molecule has 0 saturated heterocycles. The second-order valence-corrected chi connectivity index (χ2v) is 4.58. The van der Waals surface area contributed by atoms with Crippen molar-refractivity contribution >= 4 is 17.8 Å². The number of hydrogen-bond donors (Lipinski definition) is 1. The summed E-state index contributed by atoms with van der Waals surface area (Å²) < 4.78 is 10.3. The van der Waals surface area contributed by atoms with Gasteiger partial charge < -0.3 is 9.47 Å². The Bertz CT molecular complexity index is 789. The van der Waals surface area contributed by atoms with Crippen molar-refractivity contribution < 1.29 is 19.2 Å². The molecule has 0 saturated carbocycles. The van der Waals surface area contributed by atoms with Crippen LogP contribution in [0.5, 0.6) is 11.5 Å². The lowest BCUT2D eigenvalue weighted by Gasteiger charge is -2.06. The van der Waals surface area contributed by atoms with Gasteiger partial charge in [0.15, 0.2) is 0 Å². The fourth-order valence-corrected chi connectivity index (χ4v) is 1.99. The second-order valence-electron chi connectivity index (χ2n) is 4.58. The first-order valence-electron chi connectivity index (χ1n) is 6.85. The molecule has 0 bridgehead atoms. The van der Waals surface area contributed by atoms with Gasteiger partial charge in [0.2, 0.25) is 0 Å². The maximum absolute atomic E-state index is 12.1. The number of carbonyl (C=O) groups is 1. The minimum atomic E-state index is -0.680. The van der Waals surface area contributed by atoms with Crippen molar-refractivity contribution in [3.63, 3.8) is 0 Å². The summed E-state index contributed by atoms with van der Waals surface area (Å²) in [5.41, 5.74) is 2.48. The molecule has 24 heavy (non-hydrogen) atoms. The zero-order valence-corrected chi connectivity index (χ0v) is 13.1. The molecule has 124 valence electrons. The van der Waals surface area contributed by atoms with Gasteiger partial charge in [-0.15, -0.1) is 0 Å². The number of rotatable bonds is 6. The highest BCUT2D eigenvalue weighted by molar-refractivity contribution is 5.98. The number of nitro groups is 1. The molecule has 2 aromatic rings. The molecule has 0 aliphatic carbocycles. The summed E-state index contributed by atoms with van der Waals surface area (Å²) in [5, 5.41) is 14.8. The molecule has 0 aliphatic rings. The monoisotopic (exact) mass is 329 g/mol. The fraction of sp³-hybridized carbons (Fsp3) is 0.125. The van der Waals surface area contributed by atoms with Gasteiger partial charge in [0, 0.05) is 11.6 Å². The quantitative estimate of drug-likeness (QED) is 0.498. The number of benzene rings is 2. The highest BCUT2D eigenvalue weighted by Gasteiger charge is 2.18. The first kappa shape index (κ1) is 16.9. The smallest absolute Gasteiger partial charge is 0.282 e. The fourth-order valence-electron chi connectivity index (χ4n) is 1.99. The lowest BCUT2D eigenvalue weighted by molar-refractivity contribution is -0.385. The molecule has 0 spiro atoms. The van der Waals surface area contributed by atoms with Crippen molar-refractivity contribution in [2.24, 2.45) is 5.10 Å². The summed E-state index contributed by atoms with van der Waals surface area (Å²) in [6.45, 7) is 0. The Hall–Kier alpha value is -3.42. The topological polar surface area (TPSA) is 103 Å². The standard InChI is InChI=1S/C16H15N3O5/c1-23-12-7-8-15(24-2)11(9-12)10-17-18-16(20)13-5-3-4-6-14(13)19(21)22/h3-10H,1-2H3,(H,18,20). The van der Waals surface area contributed by atoms with Crippen molar-refractivity contribution in [1.82, 2.24) is 5.43 Å². The molecule has 0 heterocycles. The van der Waals surface area contributed by atoms with Crippen LogP contribution in [0.15, 0.2) is 47.6 Å². The van der Waals surface area contributed by atoms with Gasteiger partial charge in [-0.3, -0.25) is 14.9 Å². The molecular weight excluding hydrogens is 314 g/mol. The summed E-state index contributed by atoms with van der Waals surface area (Å²) >= 11 is 0. The van der Waals surface area contributed by atoms with E-state index in [1.807, 2.05) is 0 Å². The van der Waals surface area contributed by atoms with Gasteiger partial charge in [-0.1, -0.05) is 12.1 Å². The molecule has 0 fully saturated rings. The predicted octanol–water partition coefficient (Wildman–Crippen LogP) is 2.38. The average molecular weight is 329 g/mol. The van der Waals surface area contributed by atoms with Gasteiger partial charge in [-0.25, -0.2) is 5.43 Å².